The summed E-state index contributed by atoms with van der Waals surface area (Å²) in [5, 5.41) is 35.2. The number of carbonyl (C=O) groups is 6. The normalized spacial score (nSPS) is 43.6. The molecule has 62 heavy (non-hydrogen) atoms. The highest BCUT2D eigenvalue weighted by Gasteiger charge is 2.81. The maximum Gasteiger partial charge on any atom is 0.339 e. The number of Topliss-reactive ketones (excluding diaryl/α,β-unsaturated/α-hetero) is 2. The second-order valence-corrected chi connectivity index (χ2v) is 20.2. The zero-order valence-electron chi connectivity index (χ0n) is 36.2. The summed E-state index contributed by atoms with van der Waals surface area (Å²) >= 11 is 11.6. The van der Waals surface area contributed by atoms with Crippen molar-refractivity contribution in [3.63, 3.8) is 0 Å². The first-order chi connectivity index (χ1) is 29.4. The summed E-state index contributed by atoms with van der Waals surface area (Å²) in [4.78, 5) is 73.4. The topological polar surface area (TPSA) is 203 Å². The van der Waals surface area contributed by atoms with E-state index in [9.17, 15) is 44.1 Å². The van der Waals surface area contributed by atoms with Gasteiger partial charge in [-0.3, -0.25) is 24.0 Å². The summed E-state index contributed by atoms with van der Waals surface area (Å²) in [6.07, 6.45) is 19.7. The Kier molecular flexibility index (Phi) is 13.1. The van der Waals surface area contributed by atoms with Crippen LogP contribution in [-0.4, -0.2) is 103 Å². The lowest BCUT2D eigenvalue weighted by Crippen LogP contribution is -2.80. The lowest BCUT2D eigenvalue weighted by Gasteiger charge is -2.55. The van der Waals surface area contributed by atoms with Gasteiger partial charge in [-0.15, -0.1) is 23.2 Å². The molecule has 0 bridgehead atoms. The molecule has 0 spiro atoms. The Labute approximate surface area is 373 Å². The molecule has 5 aliphatic carbocycles. The Morgan fingerprint density at radius 3 is 1.40 bits per heavy atom. The maximum atomic E-state index is 12.3. The van der Waals surface area contributed by atoms with Gasteiger partial charge in [0.2, 0.25) is 11.4 Å². The van der Waals surface area contributed by atoms with Crippen LogP contribution in [0.3, 0.4) is 0 Å². The highest BCUT2D eigenvalue weighted by atomic mass is 35.5. The molecule has 4 N–H and O–H groups in total. The molecule has 0 aromatic rings. The number of fused-ring (bicyclic) bond motifs is 3. The average molecular weight is 905 g/mol. The third-order valence-electron chi connectivity index (χ3n) is 16.6. The zero-order chi connectivity index (χ0) is 45.0. The molecule has 0 radical (unpaired) electrons. The molecule has 6 fully saturated rings. The first-order valence-corrected chi connectivity index (χ1v) is 23.7. The van der Waals surface area contributed by atoms with E-state index in [1.54, 1.807) is 13.8 Å². The average Bonchev–Trinajstić information content (AvgIpc) is 3.65. The molecule has 0 aromatic carbocycles. The van der Waals surface area contributed by atoms with Gasteiger partial charge in [-0.1, -0.05) is 43.4 Å². The number of rotatable bonds is 11. The number of nitrogens with one attached hydrogen (secondary N) is 1. The number of hydrogen-bond donors (Lipinski definition) is 4. The number of alkyl halides is 2. The van der Waals surface area contributed by atoms with Crippen molar-refractivity contribution >= 4 is 58.6 Å². The standard InChI is InChI=1S/C16H21ClO4.C16H22O4.C15H20ClNO4/c1-15-11(7-8-17)12(18)9-16(15,14(20)21-15)13(19)10-5-3-2-4-6-10;1-3-11-12(17)9-16(14(19)20-15(11,16)2)13(18)10-7-5-4-6-8-10;1-14-10(7-8-16)12(19)17-15(14,13(20)21-14)11(18)9-5-3-2-4-6-9/h3,5,10-11,13,19H,2,4,6-9H2,1H3;5,7,10-11,13,18H,3-4,6,8-9H2,1-2H3;3,5,9-11,18H,2,4,6-8H2,1H3,(H,17,19)/t2*10-,11+,13+,15+,16-;9-,10-,11+,14+,15+/m111/s1. The second-order valence-electron chi connectivity index (χ2n) is 19.4. The summed E-state index contributed by atoms with van der Waals surface area (Å²) in [5.41, 5.74) is -6.15. The van der Waals surface area contributed by atoms with Crippen molar-refractivity contribution < 1.29 is 58.3 Å². The molecular formula is C47H63Cl2NO12. The summed E-state index contributed by atoms with van der Waals surface area (Å²) in [7, 11) is 0. The number of aliphatic hydroxyl groups excluding tert-OH is 3. The van der Waals surface area contributed by atoms with Crippen LogP contribution in [0.5, 0.6) is 0 Å². The highest BCUT2D eigenvalue weighted by molar-refractivity contribution is 6.18. The smallest absolute Gasteiger partial charge is 0.339 e. The highest BCUT2D eigenvalue weighted by Crippen LogP contribution is 2.64. The first kappa shape index (κ1) is 46.9. The van der Waals surface area contributed by atoms with Crippen molar-refractivity contribution in [3.05, 3.63) is 36.5 Å². The van der Waals surface area contributed by atoms with Crippen LogP contribution in [0.4, 0.5) is 0 Å². The zero-order valence-corrected chi connectivity index (χ0v) is 37.8. The molecule has 342 valence electrons. The Hall–Kier alpha value is -3.10. The van der Waals surface area contributed by atoms with E-state index in [2.05, 4.69) is 11.4 Å². The molecule has 15 heteroatoms. The van der Waals surface area contributed by atoms with Crippen molar-refractivity contribution in [1.82, 2.24) is 5.32 Å². The number of carbonyl (C=O) groups excluding carboxylic acids is 6. The number of halogens is 2. The maximum absolute atomic E-state index is 12.3. The number of ether oxygens (including phenoxy) is 3. The van der Waals surface area contributed by atoms with E-state index in [4.69, 9.17) is 37.4 Å². The van der Waals surface area contributed by atoms with Crippen LogP contribution in [0.1, 0.15) is 118 Å². The number of aliphatic hydroxyl groups is 3. The van der Waals surface area contributed by atoms with E-state index in [1.807, 2.05) is 44.2 Å². The molecular weight excluding hydrogens is 841 g/mol. The van der Waals surface area contributed by atoms with Crippen LogP contribution in [0.15, 0.2) is 36.5 Å². The fraction of sp³-hybridized carbons (Fsp3) is 0.745. The predicted octanol–water partition coefficient (Wildman–Crippen LogP) is 5.36. The SMILES string of the molecule is CC[C@H]1C(=O)C[C@@]2([C@@H](O)[C@@H]3C=CCCC3)C(=O)O[C@@]12C.C[C@@]12OC(=O)[C@]1([C@@H](O)[C@@H]1C=CCCC1)CC(=O)[C@@H]2CCCl.C[C@@]12OC(=O)[C@]1([C@@H](O)[C@@H]1C=CCCC1)NC(=O)[C@H]2CCCl. The molecule has 4 aliphatic heterocycles. The number of allylic oxidation sites excluding steroid dienone is 3. The summed E-state index contributed by atoms with van der Waals surface area (Å²) in [6.45, 7) is 7.26. The van der Waals surface area contributed by atoms with Gasteiger partial charge in [-0.25, -0.2) is 4.79 Å². The lowest BCUT2D eigenvalue weighted by molar-refractivity contribution is -0.263. The van der Waals surface area contributed by atoms with E-state index in [1.165, 1.54) is 0 Å². The molecule has 2 saturated carbocycles. The molecule has 1 amide bonds. The van der Waals surface area contributed by atoms with Crippen molar-refractivity contribution in [2.24, 2.45) is 46.3 Å². The summed E-state index contributed by atoms with van der Waals surface area (Å²) in [6, 6.07) is 0. The third-order valence-corrected chi connectivity index (χ3v) is 17.0. The van der Waals surface area contributed by atoms with Gasteiger partial charge in [-0.05, 0) is 97.8 Å². The fourth-order valence-corrected chi connectivity index (χ4v) is 13.3. The van der Waals surface area contributed by atoms with Crippen LogP contribution in [0.25, 0.3) is 0 Å². The first-order valence-electron chi connectivity index (χ1n) is 22.7. The minimum absolute atomic E-state index is 0.0113. The monoisotopic (exact) mass is 903 g/mol. The molecule has 0 aromatic heterocycles. The van der Waals surface area contributed by atoms with E-state index < -0.39 is 81.2 Å². The molecule has 4 heterocycles. The fourth-order valence-electron chi connectivity index (χ4n) is 12.9. The quantitative estimate of drug-likeness (QED) is 0.0897. The largest absolute Gasteiger partial charge is 0.457 e. The molecule has 4 saturated heterocycles. The Bertz CT molecular complexity index is 1830. The van der Waals surface area contributed by atoms with Crippen LogP contribution in [-0.2, 0) is 43.0 Å². The number of hydrogen-bond acceptors (Lipinski definition) is 12. The lowest BCUT2D eigenvalue weighted by atomic mass is 9.60. The van der Waals surface area contributed by atoms with Gasteiger partial charge in [0.25, 0.3) is 0 Å². The number of amides is 1. The van der Waals surface area contributed by atoms with Crippen molar-refractivity contribution in [2.45, 2.75) is 158 Å². The molecule has 15 atom stereocenters. The van der Waals surface area contributed by atoms with Gasteiger partial charge in [0.15, 0.2) is 5.60 Å². The van der Waals surface area contributed by atoms with Crippen LogP contribution < -0.4 is 5.32 Å². The third kappa shape index (κ3) is 6.62. The second kappa shape index (κ2) is 17.4. The van der Waals surface area contributed by atoms with E-state index in [0.717, 1.165) is 57.8 Å². The van der Waals surface area contributed by atoms with E-state index in [-0.39, 0.29) is 54.0 Å². The van der Waals surface area contributed by atoms with Crippen LogP contribution >= 0.6 is 23.2 Å². The van der Waals surface area contributed by atoms with Gasteiger partial charge < -0.3 is 34.8 Å². The van der Waals surface area contributed by atoms with Crippen LogP contribution in [0, 0.1) is 46.3 Å². The van der Waals surface area contributed by atoms with Crippen molar-refractivity contribution in [1.29, 1.82) is 0 Å². The molecule has 13 nitrogen and oxygen atoms in total. The molecule has 9 rings (SSSR count). The summed E-state index contributed by atoms with van der Waals surface area (Å²) in [5.74, 6) is -2.36. The van der Waals surface area contributed by atoms with Gasteiger partial charge in [0.1, 0.15) is 33.6 Å². The van der Waals surface area contributed by atoms with Gasteiger partial charge in [0, 0.05) is 42.4 Å². The van der Waals surface area contributed by atoms with Gasteiger partial charge >= 0.3 is 17.9 Å². The Morgan fingerprint density at radius 2 is 1.02 bits per heavy atom. The van der Waals surface area contributed by atoms with E-state index >= 15 is 0 Å². The van der Waals surface area contributed by atoms with Gasteiger partial charge in [0.05, 0.1) is 36.1 Å². The predicted molar refractivity (Wildman–Crippen MR) is 227 cm³/mol. The summed E-state index contributed by atoms with van der Waals surface area (Å²) < 4.78 is 16.1. The number of ketones is 2. The minimum atomic E-state index is -1.33. The Balaban J connectivity index is 0.000000140. The van der Waals surface area contributed by atoms with Gasteiger partial charge in [-0.2, -0.15) is 0 Å². The molecule has 9 aliphatic rings. The Morgan fingerprint density at radius 1 is 0.613 bits per heavy atom. The van der Waals surface area contributed by atoms with Crippen molar-refractivity contribution in [3.8, 4) is 0 Å². The minimum Gasteiger partial charge on any atom is -0.457 e. The molecule has 0 unspecified atom stereocenters. The van der Waals surface area contributed by atoms with Crippen LogP contribution in [0.2, 0.25) is 0 Å². The van der Waals surface area contributed by atoms with Crippen molar-refractivity contribution in [2.75, 3.05) is 11.8 Å². The number of esters is 3. The van der Waals surface area contributed by atoms with E-state index in [0.29, 0.717) is 31.0 Å².